The Balaban J connectivity index is -0.000000484. The fraction of sp³-hybridized carbons (Fsp3) is 0.487. The van der Waals surface area contributed by atoms with Crippen molar-refractivity contribution in [2.24, 2.45) is 5.84 Å². The number of nitrogens with zero attached hydrogens (tertiary/aromatic N) is 16. The van der Waals surface area contributed by atoms with Gasteiger partial charge in [-0.05, 0) is 172 Å². The summed E-state index contributed by atoms with van der Waals surface area (Å²) in [6.07, 6.45) is -1.40. The first kappa shape index (κ1) is 132. The van der Waals surface area contributed by atoms with Crippen LogP contribution >= 0.6 is 78.3 Å². The third kappa shape index (κ3) is 43.6. The number of aliphatic hydroxyl groups is 1. The maximum atomic E-state index is 14.3. The van der Waals surface area contributed by atoms with Gasteiger partial charge in [0.2, 0.25) is 11.2 Å². The number of amides is 1. The minimum Gasteiger partial charge on any atom is -1.00 e. The van der Waals surface area contributed by atoms with E-state index in [9.17, 15) is 84.2 Å². The molecule has 0 radical (unpaired) electrons. The van der Waals surface area contributed by atoms with Gasteiger partial charge >= 0.3 is 61.4 Å². The van der Waals surface area contributed by atoms with Gasteiger partial charge in [0, 0.05) is 83.4 Å². The van der Waals surface area contributed by atoms with Crippen molar-refractivity contribution in [2.45, 2.75) is 226 Å². The van der Waals surface area contributed by atoms with Gasteiger partial charge in [-0.3, -0.25) is 34.2 Å². The number of nitrogen functional groups attached to an aromatic ring is 1. The van der Waals surface area contributed by atoms with Crippen LogP contribution in [0, 0.1) is 29.2 Å². The summed E-state index contributed by atoms with van der Waals surface area (Å²) < 4.78 is 259. The number of carbonyl (C=O) groups is 2. The van der Waals surface area contributed by atoms with Crippen molar-refractivity contribution in [1.29, 1.82) is 0 Å². The van der Waals surface area contributed by atoms with Gasteiger partial charge in [-0.25, -0.2) is 68.3 Å². The summed E-state index contributed by atoms with van der Waals surface area (Å²) >= 11 is 27.4. The Hall–Kier alpha value is -8.29. The number of aromatic nitrogens is 16. The van der Waals surface area contributed by atoms with E-state index in [2.05, 4.69) is 123 Å². The summed E-state index contributed by atoms with van der Waals surface area (Å²) in [4.78, 5) is 57.7. The van der Waals surface area contributed by atoms with E-state index >= 15 is 0 Å². The summed E-state index contributed by atoms with van der Waals surface area (Å²) in [7, 11) is -0.860. The number of alkyl halides is 12. The minimum atomic E-state index is -4.68. The number of nitrogens with one attached hydrogen (secondary N) is 3. The molecule has 10 aromatic heterocycles. The third-order valence-corrected chi connectivity index (χ3v) is 17.5. The zero-order valence-corrected chi connectivity index (χ0v) is 79.4. The van der Waals surface area contributed by atoms with Gasteiger partial charge in [-0.2, -0.15) is 57.1 Å². The predicted molar refractivity (Wildman–Crippen MR) is 475 cm³/mol. The number of anilines is 2. The fourth-order valence-corrected chi connectivity index (χ4v) is 8.52. The van der Waals surface area contributed by atoms with E-state index < -0.39 is 112 Å². The van der Waals surface area contributed by atoms with Gasteiger partial charge in [-0.1, -0.05) is 78.9 Å². The molecule has 1 aliphatic rings. The van der Waals surface area contributed by atoms with Crippen LogP contribution in [0.4, 0.5) is 86.3 Å². The number of hydrogen-bond acceptors (Lipinski definition) is 28. The van der Waals surface area contributed by atoms with Gasteiger partial charge in [0.05, 0.1) is 54.1 Å². The molecule has 10 aromatic rings. The number of hydrazine groups is 2. The zero-order valence-electron chi connectivity index (χ0n) is 72.2. The van der Waals surface area contributed by atoms with Crippen LogP contribution in [0.2, 0.25) is 15.5 Å². The number of nitrogens with two attached hydrogens (primary N) is 1. The van der Waals surface area contributed by atoms with Crippen molar-refractivity contribution >= 4 is 125 Å². The number of fused-ring (bicyclic) bond motifs is 2. The standard InChI is InChI=1S/C17H17F4N5O2.C15H20BF4NO3.C9H8BrF4NO.C8H11ClN4O2.C8H9ClN4O.C5H2BrF2N.C4H5ClN4.C4H7F3O.C3H5ClO.5CH4.Na.H/c1-4-27-9-14-25-24-13-7-22-12(8-26(13)14)10-5-11(18)15(23-6-10)28-16(2,3)17(19,20)21;1-12(2)13(3,4)24-16(23-12)9-7-10(17)11(21-8-9)22-14(5,6)15(18,19)20;1-8(2,9(12,13)14)16-7-6(11)3-5(10)4-15-7;1-2-15-5-8(14)13-12-7-4-10-6(9)3-11-7;1-2-14-5-8-12-11-7-3-10-6(9)4-13(7)8;6-3-1-4(7)5(8)9-2-3;5-3-1-8-4(9-6)2-7-3;1-3(2,8)4(5,6)7;1-2-3(4)5;;;;;;;/h5-8H,4,9H2,1-3H3;7-8H,1-6H3;3-4H,1-2H3;3-4H,2,5H2,1H3,(H,11,12)(H,13,14);3-4H,2,5H2,1H3;1-2H;1-2H,6H2,(H,8,9);8H,1-2H3;2H2,1H3;5*1H4;;/q;;;;;;;;;;;;;;+1;-1. The molecule has 0 saturated carbocycles. The summed E-state index contributed by atoms with van der Waals surface area (Å²) in [6.45, 7) is 23.1. The molecule has 0 unspecified atom stereocenters. The summed E-state index contributed by atoms with van der Waals surface area (Å²) in [6, 6.07) is 4.02. The molecule has 6 N–H and O–H groups in total. The van der Waals surface area contributed by atoms with E-state index in [1.54, 1.807) is 34.3 Å². The number of carbonyl (C=O) groups excluding carboxylic acids is 2. The molecule has 31 nitrogen and oxygen atoms in total. The van der Waals surface area contributed by atoms with Gasteiger partial charge in [0.1, 0.15) is 35.3 Å². The molecule has 0 aliphatic carbocycles. The number of halogens is 23. The van der Waals surface area contributed by atoms with Crippen LogP contribution < -0.4 is 71.4 Å². The Kier molecular flexibility index (Phi) is 57.6. The van der Waals surface area contributed by atoms with Crippen LogP contribution in [-0.2, 0) is 46.3 Å². The van der Waals surface area contributed by atoms with Gasteiger partial charge < -0.3 is 49.7 Å². The van der Waals surface area contributed by atoms with E-state index in [1.165, 1.54) is 49.6 Å². The van der Waals surface area contributed by atoms with Crippen LogP contribution in [0.3, 0.4) is 0 Å². The number of rotatable bonds is 21. The number of hydrogen-bond donors (Lipinski definition) is 5. The molecule has 1 saturated heterocycles. The molecule has 748 valence electrons. The van der Waals surface area contributed by atoms with E-state index in [4.69, 9.17) is 90.3 Å². The van der Waals surface area contributed by atoms with E-state index in [-0.39, 0.29) is 104 Å². The number of pyridine rings is 4. The van der Waals surface area contributed by atoms with Crippen LogP contribution in [0.25, 0.3) is 22.6 Å². The monoisotopic (exact) mass is 2150 g/mol. The first-order chi connectivity index (χ1) is 59.0. The zero-order chi connectivity index (χ0) is 97.5. The largest absolute Gasteiger partial charge is 1.00 e. The first-order valence-electron chi connectivity index (χ1n) is 36.4. The van der Waals surface area contributed by atoms with Crippen LogP contribution in [-0.4, -0.2) is 187 Å². The quantitative estimate of drug-likeness (QED) is 0.0111. The van der Waals surface area contributed by atoms with Gasteiger partial charge in [0.15, 0.2) is 80.3 Å². The van der Waals surface area contributed by atoms with Crippen molar-refractivity contribution in [2.75, 3.05) is 37.3 Å². The van der Waals surface area contributed by atoms with Crippen molar-refractivity contribution in [3.63, 3.8) is 0 Å². The molecule has 0 spiro atoms. The van der Waals surface area contributed by atoms with Crippen molar-refractivity contribution < 1.29 is 158 Å². The second-order valence-corrected chi connectivity index (χ2v) is 31.4. The normalized spacial score (nSPS) is 12.4. The Morgan fingerprint density at radius 1 is 0.500 bits per heavy atom. The molecule has 11 heterocycles. The first-order valence-corrected chi connectivity index (χ1v) is 39.5. The number of ether oxygens (including phenoxy) is 6. The van der Waals surface area contributed by atoms with Crippen molar-refractivity contribution in [3.05, 3.63) is 164 Å². The third-order valence-electron chi connectivity index (χ3n) is 15.8. The smallest absolute Gasteiger partial charge is 1.00 e. The molecule has 1 fully saturated rings. The van der Waals surface area contributed by atoms with Crippen LogP contribution in [0.5, 0.6) is 17.6 Å². The topological polar surface area (TPSA) is 380 Å². The molecule has 134 heavy (non-hydrogen) atoms. The summed E-state index contributed by atoms with van der Waals surface area (Å²) in [5.74, 6) is -0.269. The molecule has 0 atom stereocenters. The maximum absolute atomic E-state index is 14.3. The van der Waals surface area contributed by atoms with E-state index in [0.29, 0.717) is 106 Å². The Morgan fingerprint density at radius 2 is 0.873 bits per heavy atom. The fourth-order valence-electron chi connectivity index (χ4n) is 7.57. The second-order valence-electron chi connectivity index (χ2n) is 28.0. The van der Waals surface area contributed by atoms with E-state index in [0.717, 1.165) is 77.8 Å². The second kappa shape index (κ2) is 58.4. The average molecular weight is 2160 g/mol. The Bertz CT molecular complexity index is 5150. The Morgan fingerprint density at radius 3 is 1.23 bits per heavy atom. The molecule has 0 bridgehead atoms. The summed E-state index contributed by atoms with van der Waals surface area (Å²) in [5, 5.41) is 24.9. The molecule has 56 heteroatoms. The van der Waals surface area contributed by atoms with Crippen molar-refractivity contribution in [3.8, 4) is 28.9 Å². The average Bonchev–Trinajstić information content (AvgIpc) is 1.62. The Labute approximate surface area is 823 Å². The van der Waals surface area contributed by atoms with Crippen LogP contribution in [0.15, 0.2) is 108 Å². The van der Waals surface area contributed by atoms with Crippen molar-refractivity contribution in [1.82, 2.24) is 84.5 Å². The van der Waals surface area contributed by atoms with Crippen LogP contribution in [0.1, 0.15) is 167 Å². The molecule has 1 aliphatic heterocycles. The molecule has 1 amide bonds. The maximum Gasteiger partial charge on any atom is 1.00 e. The SMILES string of the molecule is C.C.C.C.C.CC(C)(O)C(F)(F)F.CC(C)(Oc1ncc(B2OC(C)(C)C(C)(C)O2)cc1F)C(F)(F)F.CC(C)(Oc1ncc(Br)cc1F)C(F)(F)F.CCC(=O)Cl.CCOCC(=O)NNc1cnc(Cl)cn1.CCOCc1nnc2cnc(-c3cnc(OC(C)(C)C(F)(F)F)c(F)c3)cn12.CCOCc1nnc2cnc(Cl)cn12.Fc1cc(Br)cnc1F.NNc1cnc(Cl)cn1.[H-].[Na+]. The molecule has 11 rings (SSSR count). The van der Waals surface area contributed by atoms with Gasteiger partial charge in [0.25, 0.3) is 23.5 Å². The molecular weight excluding hydrogens is 2050 g/mol. The minimum absolute atomic E-state index is 0. The summed E-state index contributed by atoms with van der Waals surface area (Å²) in [5.41, 5.74) is -2.17. The molecular formula is C78H105BBr2Cl4F17N20NaO11. The van der Waals surface area contributed by atoms with Gasteiger partial charge in [-0.15, -0.1) is 20.4 Å². The molecule has 0 aromatic carbocycles. The predicted octanol–water partition coefficient (Wildman–Crippen LogP) is 17.8. The van der Waals surface area contributed by atoms with E-state index in [1.807, 2.05) is 48.5 Å².